The van der Waals surface area contributed by atoms with E-state index in [9.17, 15) is 16.8 Å². The van der Waals surface area contributed by atoms with Crippen LogP contribution in [0.4, 0.5) is 0 Å². The molecule has 0 unspecified atom stereocenters. The molecular weight excluding hydrogens is 702 g/mol. The SMILES string of the molecule is Cc1ccc(S(=O)(=O)Oc2cc(I)cc3cc(I)cc(OS(=O)(=O)c4ccc(C)cc4)c23)cc1. The Labute approximate surface area is 225 Å². The first kappa shape index (κ1) is 25.2. The van der Waals surface area contributed by atoms with Crippen molar-refractivity contribution in [3.8, 4) is 11.5 Å². The Bertz CT molecular complexity index is 1480. The molecular formula is C24H18I2O6S2. The zero-order valence-corrected chi connectivity index (χ0v) is 23.9. The summed E-state index contributed by atoms with van der Waals surface area (Å²) in [5, 5.41) is 0.828. The molecule has 10 heteroatoms. The van der Waals surface area contributed by atoms with Crippen molar-refractivity contribution >= 4 is 76.2 Å². The van der Waals surface area contributed by atoms with E-state index in [1.165, 1.54) is 36.4 Å². The molecule has 4 rings (SSSR count). The quantitative estimate of drug-likeness (QED) is 0.174. The number of aryl methyl sites for hydroxylation is 2. The highest BCUT2D eigenvalue weighted by atomic mass is 127. The van der Waals surface area contributed by atoms with Crippen LogP contribution in [0.1, 0.15) is 11.1 Å². The summed E-state index contributed by atoms with van der Waals surface area (Å²) in [5.41, 5.74) is 1.82. The molecule has 4 aromatic carbocycles. The molecule has 0 heterocycles. The first-order chi connectivity index (χ1) is 15.9. The molecule has 0 N–H and O–H groups in total. The minimum absolute atomic E-state index is 0.00892. The third-order valence-electron chi connectivity index (χ3n) is 4.92. The van der Waals surface area contributed by atoms with Crippen LogP contribution in [0.15, 0.2) is 82.6 Å². The van der Waals surface area contributed by atoms with Gasteiger partial charge in [0.15, 0.2) is 11.5 Å². The van der Waals surface area contributed by atoms with Crippen LogP contribution in [0.5, 0.6) is 11.5 Å². The lowest BCUT2D eigenvalue weighted by atomic mass is 10.1. The van der Waals surface area contributed by atoms with Gasteiger partial charge < -0.3 is 8.37 Å². The number of hydrogen-bond acceptors (Lipinski definition) is 6. The zero-order valence-electron chi connectivity index (χ0n) is 18.0. The molecule has 0 fully saturated rings. The van der Waals surface area contributed by atoms with Gasteiger partial charge in [-0.2, -0.15) is 16.8 Å². The Hall–Kier alpha value is -1.90. The Morgan fingerprint density at radius 2 is 0.941 bits per heavy atom. The first-order valence-corrected chi connectivity index (χ1v) is 14.9. The van der Waals surface area contributed by atoms with Gasteiger partial charge in [0.25, 0.3) is 0 Å². The number of fused-ring (bicyclic) bond motifs is 1. The summed E-state index contributed by atoms with van der Waals surface area (Å²) in [6.07, 6.45) is 0. The minimum Gasteiger partial charge on any atom is -0.378 e. The smallest absolute Gasteiger partial charge is 0.339 e. The van der Waals surface area contributed by atoms with Crippen LogP contribution in [-0.4, -0.2) is 16.8 Å². The Balaban J connectivity index is 1.85. The summed E-state index contributed by atoms with van der Waals surface area (Å²) >= 11 is 4.10. The highest BCUT2D eigenvalue weighted by molar-refractivity contribution is 14.1. The predicted octanol–water partition coefficient (Wildman–Crippen LogP) is 6.20. The summed E-state index contributed by atoms with van der Waals surface area (Å²) in [7, 11) is -8.35. The number of hydrogen-bond donors (Lipinski definition) is 0. The molecule has 34 heavy (non-hydrogen) atoms. The van der Waals surface area contributed by atoms with Gasteiger partial charge in [0, 0.05) is 7.14 Å². The lowest BCUT2D eigenvalue weighted by Crippen LogP contribution is -2.12. The van der Waals surface area contributed by atoms with E-state index in [0.717, 1.165) is 11.1 Å². The van der Waals surface area contributed by atoms with Gasteiger partial charge in [0.2, 0.25) is 0 Å². The van der Waals surface area contributed by atoms with E-state index in [2.05, 4.69) is 45.2 Å². The molecule has 0 aromatic heterocycles. The fraction of sp³-hybridized carbons (Fsp3) is 0.0833. The lowest BCUT2D eigenvalue weighted by Gasteiger charge is -2.15. The van der Waals surface area contributed by atoms with E-state index < -0.39 is 20.2 Å². The molecule has 0 aliphatic heterocycles. The summed E-state index contributed by atoms with van der Waals surface area (Å²) in [5.74, 6) is -0.0408. The van der Waals surface area contributed by atoms with Crippen LogP contribution in [-0.2, 0) is 20.2 Å². The normalized spacial score (nSPS) is 12.0. The van der Waals surface area contributed by atoms with Gasteiger partial charge in [-0.25, -0.2) is 0 Å². The molecule has 0 spiro atoms. The van der Waals surface area contributed by atoms with E-state index in [-0.39, 0.29) is 26.7 Å². The van der Waals surface area contributed by atoms with Gasteiger partial charge in [-0.15, -0.1) is 0 Å². The number of rotatable bonds is 6. The minimum atomic E-state index is -4.18. The van der Waals surface area contributed by atoms with Gasteiger partial charge in [0.1, 0.15) is 9.79 Å². The van der Waals surface area contributed by atoms with Gasteiger partial charge >= 0.3 is 20.2 Å². The van der Waals surface area contributed by atoms with Crippen molar-refractivity contribution in [3.63, 3.8) is 0 Å². The van der Waals surface area contributed by atoms with E-state index in [4.69, 9.17) is 8.37 Å². The van der Waals surface area contributed by atoms with Gasteiger partial charge in [-0.05, 0) is 113 Å². The summed E-state index contributed by atoms with van der Waals surface area (Å²) in [6, 6.07) is 19.2. The van der Waals surface area contributed by atoms with Crippen molar-refractivity contribution in [1.82, 2.24) is 0 Å². The van der Waals surface area contributed by atoms with Crippen LogP contribution in [0.3, 0.4) is 0 Å². The third-order valence-corrected chi connectivity index (χ3v) is 8.67. The summed E-state index contributed by atoms with van der Waals surface area (Å²) in [4.78, 5) is -0.0178. The van der Waals surface area contributed by atoms with Gasteiger partial charge in [-0.1, -0.05) is 35.4 Å². The van der Waals surface area contributed by atoms with Gasteiger partial charge in [0.05, 0.1) is 5.39 Å². The molecule has 6 nitrogen and oxygen atoms in total. The van der Waals surface area contributed by atoms with Crippen molar-refractivity contribution in [3.05, 3.63) is 91.1 Å². The van der Waals surface area contributed by atoms with Crippen molar-refractivity contribution in [2.75, 3.05) is 0 Å². The monoisotopic (exact) mass is 720 g/mol. The Morgan fingerprint density at radius 3 is 1.29 bits per heavy atom. The van der Waals surface area contributed by atoms with Crippen molar-refractivity contribution < 1.29 is 25.2 Å². The molecule has 0 aliphatic rings. The summed E-state index contributed by atoms with van der Waals surface area (Å²) in [6.45, 7) is 3.70. The third kappa shape index (κ3) is 5.50. The van der Waals surface area contributed by atoms with Crippen LogP contribution in [0.2, 0.25) is 0 Å². The zero-order chi connectivity index (χ0) is 24.7. The molecule has 176 valence electrons. The van der Waals surface area contributed by atoms with Crippen LogP contribution in [0, 0.1) is 21.0 Å². The highest BCUT2D eigenvalue weighted by Gasteiger charge is 2.24. The topological polar surface area (TPSA) is 86.7 Å². The van der Waals surface area contributed by atoms with Crippen LogP contribution in [0.25, 0.3) is 10.8 Å². The first-order valence-electron chi connectivity index (χ1n) is 9.90. The second-order valence-corrected chi connectivity index (χ2v) is 13.2. The van der Waals surface area contributed by atoms with E-state index in [1.807, 2.05) is 13.8 Å². The molecule has 0 saturated carbocycles. The number of halogens is 2. The van der Waals surface area contributed by atoms with Crippen LogP contribution < -0.4 is 8.37 Å². The van der Waals surface area contributed by atoms with E-state index in [1.54, 1.807) is 36.4 Å². The highest BCUT2D eigenvalue weighted by Crippen LogP contribution is 2.39. The van der Waals surface area contributed by atoms with Crippen LogP contribution >= 0.6 is 45.2 Å². The Morgan fingerprint density at radius 1 is 0.588 bits per heavy atom. The number of benzene rings is 4. The molecule has 0 bridgehead atoms. The van der Waals surface area contributed by atoms with Crippen molar-refractivity contribution in [1.29, 1.82) is 0 Å². The molecule has 0 radical (unpaired) electrons. The standard InChI is InChI=1S/C24H18I2O6S2/c1-15-3-7-20(8-4-15)33(27,28)31-22-13-18(25)11-17-12-19(26)14-23(24(17)22)32-34(29,30)21-9-5-16(2)6-10-21/h3-14H,1-2H3. The fourth-order valence-electron chi connectivity index (χ4n) is 3.24. The van der Waals surface area contributed by atoms with Crippen molar-refractivity contribution in [2.45, 2.75) is 23.6 Å². The molecule has 0 amide bonds. The maximum atomic E-state index is 13.0. The largest absolute Gasteiger partial charge is 0.378 e. The maximum absolute atomic E-state index is 13.0. The van der Waals surface area contributed by atoms with Gasteiger partial charge in [-0.3, -0.25) is 0 Å². The Kier molecular flexibility index (Phi) is 7.14. The second kappa shape index (κ2) is 9.63. The molecule has 4 aromatic rings. The average molecular weight is 720 g/mol. The molecule has 0 aliphatic carbocycles. The summed E-state index contributed by atoms with van der Waals surface area (Å²) < 4.78 is 64.5. The van der Waals surface area contributed by atoms with E-state index >= 15 is 0 Å². The maximum Gasteiger partial charge on any atom is 0.339 e. The molecule has 0 saturated heterocycles. The van der Waals surface area contributed by atoms with E-state index in [0.29, 0.717) is 12.5 Å². The fourth-order valence-corrected chi connectivity index (χ4v) is 6.34. The van der Waals surface area contributed by atoms with Crippen molar-refractivity contribution in [2.24, 2.45) is 0 Å². The molecule has 0 atom stereocenters. The average Bonchev–Trinajstić information content (AvgIpc) is 2.73. The second-order valence-electron chi connectivity index (χ2n) is 7.61. The predicted molar refractivity (Wildman–Crippen MR) is 147 cm³/mol. The lowest BCUT2D eigenvalue weighted by molar-refractivity contribution is 0.482.